The fourth-order valence-corrected chi connectivity index (χ4v) is 2.00. The lowest BCUT2D eigenvalue weighted by Crippen LogP contribution is -2.54. The van der Waals surface area contributed by atoms with Gasteiger partial charge >= 0.3 is 0 Å². The van der Waals surface area contributed by atoms with Crippen LogP contribution in [0.15, 0.2) is 0 Å². The molecule has 0 bridgehead atoms. The van der Waals surface area contributed by atoms with Crippen molar-refractivity contribution in [1.29, 1.82) is 0 Å². The number of carbonyl (C=O) groups excluding carboxylic acids is 1. The Morgan fingerprint density at radius 1 is 1.47 bits per heavy atom. The van der Waals surface area contributed by atoms with Crippen molar-refractivity contribution in [2.45, 2.75) is 64.6 Å². The van der Waals surface area contributed by atoms with Crippen molar-refractivity contribution in [3.63, 3.8) is 0 Å². The Balaban J connectivity index is 2.46. The van der Waals surface area contributed by atoms with Gasteiger partial charge < -0.3 is 11.1 Å². The summed E-state index contributed by atoms with van der Waals surface area (Å²) in [7, 11) is 0. The summed E-state index contributed by atoms with van der Waals surface area (Å²) in [5, 5.41) is 3.10. The molecule has 1 amide bonds. The first kappa shape index (κ1) is 14.5. The summed E-state index contributed by atoms with van der Waals surface area (Å²) < 4.78 is 0. The second kappa shape index (κ2) is 5.83. The van der Waals surface area contributed by atoms with Crippen LogP contribution in [-0.2, 0) is 4.79 Å². The molecule has 1 fully saturated rings. The fraction of sp³-hybridized carbons (Fsp3) is 0.923. The molecule has 1 heterocycles. The molecule has 0 aromatic heterocycles. The second-order valence-corrected chi connectivity index (χ2v) is 5.78. The van der Waals surface area contributed by atoms with Crippen LogP contribution in [0.1, 0.15) is 47.0 Å². The van der Waals surface area contributed by atoms with Crippen LogP contribution in [0.3, 0.4) is 0 Å². The molecule has 0 aromatic rings. The van der Waals surface area contributed by atoms with E-state index in [4.69, 9.17) is 5.73 Å². The molecule has 0 aromatic carbocycles. The first-order valence-electron chi connectivity index (χ1n) is 6.67. The van der Waals surface area contributed by atoms with Crippen LogP contribution in [0.25, 0.3) is 0 Å². The molecule has 0 aliphatic carbocycles. The number of nitrogens with zero attached hydrogens (tertiary/aromatic N) is 1. The number of nitrogens with two attached hydrogens (primary N) is 1. The molecular weight excluding hydrogens is 214 g/mol. The van der Waals surface area contributed by atoms with Crippen LogP contribution >= 0.6 is 0 Å². The summed E-state index contributed by atoms with van der Waals surface area (Å²) >= 11 is 0. The third kappa shape index (κ3) is 4.28. The Labute approximate surface area is 105 Å². The topological polar surface area (TPSA) is 58.4 Å². The van der Waals surface area contributed by atoms with Gasteiger partial charge in [0, 0.05) is 24.7 Å². The minimum Gasteiger partial charge on any atom is -0.350 e. The van der Waals surface area contributed by atoms with Crippen LogP contribution < -0.4 is 11.1 Å². The number of piperidine rings is 1. The highest BCUT2D eigenvalue weighted by Crippen LogP contribution is 2.13. The molecule has 0 spiro atoms. The lowest BCUT2D eigenvalue weighted by molar-refractivity contribution is -0.128. The van der Waals surface area contributed by atoms with Gasteiger partial charge in [0.15, 0.2) is 0 Å². The van der Waals surface area contributed by atoms with Crippen molar-refractivity contribution >= 4 is 5.91 Å². The molecule has 1 atom stereocenters. The van der Waals surface area contributed by atoms with Crippen molar-refractivity contribution in [3.8, 4) is 0 Å². The molecule has 4 nitrogen and oxygen atoms in total. The van der Waals surface area contributed by atoms with Gasteiger partial charge in [-0.25, -0.2) is 0 Å². The number of nitrogens with one attached hydrogen (secondary N) is 1. The average molecular weight is 241 g/mol. The molecule has 4 heteroatoms. The number of hydrogen-bond acceptors (Lipinski definition) is 3. The largest absolute Gasteiger partial charge is 0.350 e. The minimum absolute atomic E-state index is 0.0478. The highest BCUT2D eigenvalue weighted by Gasteiger charge is 2.28. The summed E-state index contributed by atoms with van der Waals surface area (Å²) in [5.74, 6) is 0.132. The summed E-state index contributed by atoms with van der Waals surface area (Å²) in [6.07, 6.45) is 2.93. The predicted octanol–water partition coefficient (Wildman–Crippen LogP) is 1.10. The number of rotatable bonds is 4. The summed E-state index contributed by atoms with van der Waals surface area (Å²) in [6.45, 7) is 10.1. The van der Waals surface area contributed by atoms with Crippen LogP contribution in [0.4, 0.5) is 0 Å². The number of amides is 1. The summed E-state index contributed by atoms with van der Waals surface area (Å²) in [4.78, 5) is 14.3. The van der Waals surface area contributed by atoms with Gasteiger partial charge in [-0.1, -0.05) is 6.92 Å². The van der Waals surface area contributed by atoms with E-state index >= 15 is 0 Å². The molecule has 1 saturated heterocycles. The van der Waals surface area contributed by atoms with Gasteiger partial charge in [0.05, 0.1) is 6.04 Å². The van der Waals surface area contributed by atoms with Crippen molar-refractivity contribution in [3.05, 3.63) is 0 Å². The molecule has 3 N–H and O–H groups in total. The zero-order chi connectivity index (χ0) is 13.1. The van der Waals surface area contributed by atoms with Gasteiger partial charge in [0.25, 0.3) is 0 Å². The van der Waals surface area contributed by atoms with E-state index in [0.29, 0.717) is 6.04 Å². The molecular formula is C13H27N3O. The van der Waals surface area contributed by atoms with Gasteiger partial charge in [0.2, 0.25) is 5.91 Å². The van der Waals surface area contributed by atoms with E-state index in [2.05, 4.69) is 31.0 Å². The van der Waals surface area contributed by atoms with E-state index < -0.39 is 0 Å². The van der Waals surface area contributed by atoms with E-state index in [1.54, 1.807) is 0 Å². The molecule has 1 rings (SSSR count). The summed E-state index contributed by atoms with van der Waals surface area (Å²) in [5.41, 5.74) is 5.76. The first-order valence-corrected chi connectivity index (χ1v) is 6.67. The monoisotopic (exact) mass is 241 g/mol. The Morgan fingerprint density at radius 3 is 2.47 bits per heavy atom. The van der Waals surface area contributed by atoms with Crippen LogP contribution in [-0.4, -0.2) is 41.5 Å². The summed E-state index contributed by atoms with van der Waals surface area (Å²) in [6, 6.07) is 0.266. The van der Waals surface area contributed by atoms with Crippen molar-refractivity contribution in [1.82, 2.24) is 10.2 Å². The maximum Gasteiger partial charge on any atom is 0.237 e. The normalized spacial score (nSPS) is 21.2. The fourth-order valence-electron chi connectivity index (χ4n) is 2.00. The molecule has 1 aliphatic rings. The van der Waals surface area contributed by atoms with Crippen LogP contribution in [0.2, 0.25) is 0 Å². The molecule has 1 unspecified atom stereocenters. The molecule has 17 heavy (non-hydrogen) atoms. The minimum atomic E-state index is -0.114. The zero-order valence-electron chi connectivity index (χ0n) is 11.6. The molecule has 0 radical (unpaired) electrons. The van der Waals surface area contributed by atoms with E-state index in [1.165, 1.54) is 0 Å². The van der Waals surface area contributed by atoms with Crippen LogP contribution in [0.5, 0.6) is 0 Å². The van der Waals surface area contributed by atoms with Gasteiger partial charge in [-0.3, -0.25) is 9.69 Å². The quantitative estimate of drug-likeness (QED) is 0.775. The Morgan fingerprint density at radius 2 is 2.00 bits per heavy atom. The van der Waals surface area contributed by atoms with E-state index in [1.807, 2.05) is 6.92 Å². The standard InChI is InChI=1S/C13H27N3O/c1-5-13(3,4)15-12(17)10(2)16-8-6-11(14)7-9-16/h10-11H,5-9,14H2,1-4H3,(H,15,17). The molecule has 0 saturated carbocycles. The average Bonchev–Trinajstić information content (AvgIpc) is 2.28. The zero-order valence-corrected chi connectivity index (χ0v) is 11.6. The smallest absolute Gasteiger partial charge is 0.237 e. The van der Waals surface area contributed by atoms with Crippen molar-refractivity contribution in [2.24, 2.45) is 5.73 Å². The number of likely N-dealkylation sites (tertiary alicyclic amines) is 1. The Hall–Kier alpha value is -0.610. The SMILES string of the molecule is CCC(C)(C)NC(=O)C(C)N1CCC(N)CC1. The second-order valence-electron chi connectivity index (χ2n) is 5.78. The van der Waals surface area contributed by atoms with E-state index in [0.717, 1.165) is 32.4 Å². The Kier molecular flexibility index (Phi) is 4.95. The van der Waals surface area contributed by atoms with Gasteiger partial charge in [-0.2, -0.15) is 0 Å². The van der Waals surface area contributed by atoms with Crippen molar-refractivity contribution in [2.75, 3.05) is 13.1 Å². The maximum absolute atomic E-state index is 12.1. The Bertz CT molecular complexity index is 257. The third-order valence-corrected chi connectivity index (χ3v) is 3.85. The van der Waals surface area contributed by atoms with E-state index in [9.17, 15) is 4.79 Å². The highest BCUT2D eigenvalue weighted by molar-refractivity contribution is 5.82. The maximum atomic E-state index is 12.1. The number of carbonyl (C=O) groups is 1. The van der Waals surface area contributed by atoms with Gasteiger partial charge in [-0.05, 0) is 40.0 Å². The van der Waals surface area contributed by atoms with Gasteiger partial charge in [0.1, 0.15) is 0 Å². The lowest BCUT2D eigenvalue weighted by Gasteiger charge is -2.35. The highest BCUT2D eigenvalue weighted by atomic mass is 16.2. The lowest BCUT2D eigenvalue weighted by atomic mass is 10.0. The molecule has 1 aliphatic heterocycles. The predicted molar refractivity (Wildman–Crippen MR) is 70.8 cm³/mol. The van der Waals surface area contributed by atoms with Crippen LogP contribution in [0, 0.1) is 0 Å². The van der Waals surface area contributed by atoms with Gasteiger partial charge in [-0.15, -0.1) is 0 Å². The number of hydrogen-bond donors (Lipinski definition) is 2. The van der Waals surface area contributed by atoms with Crippen molar-refractivity contribution < 1.29 is 4.79 Å². The first-order chi connectivity index (χ1) is 7.85. The molecule has 100 valence electrons. The third-order valence-electron chi connectivity index (χ3n) is 3.85. The van der Waals surface area contributed by atoms with E-state index in [-0.39, 0.29) is 17.5 Å².